The third-order valence-electron chi connectivity index (χ3n) is 4.41. The van der Waals surface area contributed by atoms with Crippen LogP contribution < -0.4 is 10.6 Å². The molecular weight excluding hydrogens is 340 g/mol. The van der Waals surface area contributed by atoms with Crippen molar-refractivity contribution in [1.82, 2.24) is 20.2 Å². The van der Waals surface area contributed by atoms with E-state index in [0.29, 0.717) is 18.7 Å². The lowest BCUT2D eigenvalue weighted by Crippen LogP contribution is -2.31. The summed E-state index contributed by atoms with van der Waals surface area (Å²) in [5.41, 5.74) is 3.62. The molecule has 0 aliphatic heterocycles. The maximum absolute atomic E-state index is 12.1. The van der Waals surface area contributed by atoms with Gasteiger partial charge in [-0.25, -0.2) is 4.98 Å². The molecule has 1 heterocycles. The van der Waals surface area contributed by atoms with Crippen LogP contribution in [0.15, 0.2) is 48.5 Å². The number of rotatable bonds is 7. The molecule has 2 aromatic carbocycles. The second-order valence-corrected chi connectivity index (χ2v) is 6.41. The molecule has 0 fully saturated rings. The van der Waals surface area contributed by atoms with Gasteiger partial charge in [-0.1, -0.05) is 29.8 Å². The van der Waals surface area contributed by atoms with Crippen LogP contribution in [0.1, 0.15) is 35.1 Å². The summed E-state index contributed by atoms with van der Waals surface area (Å²) in [6.45, 7) is 5.45. The molecule has 140 valence electrons. The highest BCUT2D eigenvalue weighted by Gasteiger charge is 2.11. The van der Waals surface area contributed by atoms with Crippen molar-refractivity contribution in [1.29, 1.82) is 0 Å². The third-order valence-corrected chi connectivity index (χ3v) is 4.41. The van der Waals surface area contributed by atoms with E-state index in [1.165, 1.54) is 0 Å². The first-order valence-corrected chi connectivity index (χ1v) is 9.14. The number of hydrogen-bond acceptors (Lipinski definition) is 3. The Balaban J connectivity index is 1.49. The lowest BCUT2D eigenvalue weighted by Gasteiger charge is -2.09. The van der Waals surface area contributed by atoms with Crippen LogP contribution in [0.3, 0.4) is 0 Å². The minimum atomic E-state index is -0.167. The van der Waals surface area contributed by atoms with Gasteiger partial charge in [-0.3, -0.25) is 9.59 Å². The minimum absolute atomic E-state index is 0.116. The normalized spacial score (nSPS) is 10.7. The monoisotopic (exact) mass is 364 g/mol. The molecule has 2 amide bonds. The number of aromatic nitrogens is 2. The molecule has 0 spiro atoms. The number of nitrogens with one attached hydrogen (secondary N) is 2. The van der Waals surface area contributed by atoms with Crippen LogP contribution in [0, 0.1) is 6.92 Å². The summed E-state index contributed by atoms with van der Waals surface area (Å²) in [5.74, 6) is 0.546. The van der Waals surface area contributed by atoms with E-state index in [0.717, 1.165) is 29.0 Å². The largest absolute Gasteiger partial charge is 0.352 e. The van der Waals surface area contributed by atoms with Crippen LogP contribution >= 0.6 is 0 Å². The number of carbonyl (C=O) groups excluding carboxylic acids is 2. The van der Waals surface area contributed by atoms with Gasteiger partial charge in [-0.05, 0) is 38.1 Å². The molecule has 0 bridgehead atoms. The SMILES string of the molecule is CCn1c(CNC(=O)CCNC(=O)c2cccc(C)c2)nc2ccccc21. The van der Waals surface area contributed by atoms with Gasteiger partial charge in [0, 0.05) is 25.1 Å². The predicted octanol–water partition coefficient (Wildman–Crippen LogP) is 2.80. The first-order chi connectivity index (χ1) is 13.1. The highest BCUT2D eigenvalue weighted by Crippen LogP contribution is 2.15. The number of imidazole rings is 1. The van der Waals surface area contributed by atoms with Crippen LogP contribution in [0.5, 0.6) is 0 Å². The summed E-state index contributed by atoms with van der Waals surface area (Å²) >= 11 is 0. The fourth-order valence-electron chi connectivity index (χ4n) is 3.06. The Labute approximate surface area is 158 Å². The summed E-state index contributed by atoms with van der Waals surface area (Å²) in [6, 6.07) is 15.3. The van der Waals surface area contributed by atoms with Crippen molar-refractivity contribution in [2.24, 2.45) is 0 Å². The van der Waals surface area contributed by atoms with Gasteiger partial charge < -0.3 is 15.2 Å². The van der Waals surface area contributed by atoms with Gasteiger partial charge in [-0.15, -0.1) is 0 Å². The number of hydrogen-bond donors (Lipinski definition) is 2. The highest BCUT2D eigenvalue weighted by molar-refractivity contribution is 5.94. The number of aryl methyl sites for hydroxylation is 2. The maximum Gasteiger partial charge on any atom is 0.251 e. The number of benzene rings is 2. The number of fused-ring (bicyclic) bond motifs is 1. The second kappa shape index (κ2) is 8.49. The van der Waals surface area contributed by atoms with Crippen LogP contribution in [0.4, 0.5) is 0 Å². The van der Waals surface area contributed by atoms with Gasteiger partial charge in [0.05, 0.1) is 17.6 Å². The maximum atomic E-state index is 12.1. The molecule has 6 nitrogen and oxygen atoms in total. The third kappa shape index (κ3) is 4.53. The Kier molecular flexibility index (Phi) is 5.86. The number of para-hydroxylation sites is 2. The molecule has 27 heavy (non-hydrogen) atoms. The Morgan fingerprint density at radius 3 is 2.67 bits per heavy atom. The lowest BCUT2D eigenvalue weighted by molar-refractivity contribution is -0.121. The fourth-order valence-corrected chi connectivity index (χ4v) is 3.06. The quantitative estimate of drug-likeness (QED) is 0.677. The standard InChI is InChI=1S/C21H24N4O2/c1-3-25-18-10-5-4-9-17(18)24-19(25)14-23-20(26)11-12-22-21(27)16-8-6-7-15(2)13-16/h4-10,13H,3,11-12,14H2,1-2H3,(H,22,27)(H,23,26). The Bertz CT molecular complexity index is 962. The van der Waals surface area contributed by atoms with E-state index < -0.39 is 0 Å². The van der Waals surface area contributed by atoms with Crippen LogP contribution in [0.25, 0.3) is 11.0 Å². The summed E-state index contributed by atoms with van der Waals surface area (Å²) in [5, 5.41) is 5.66. The highest BCUT2D eigenvalue weighted by atomic mass is 16.2. The van der Waals surface area contributed by atoms with E-state index in [2.05, 4.69) is 27.1 Å². The van der Waals surface area contributed by atoms with Crippen molar-refractivity contribution >= 4 is 22.8 Å². The van der Waals surface area contributed by atoms with Crippen molar-refractivity contribution in [2.75, 3.05) is 6.54 Å². The Morgan fingerprint density at radius 1 is 1.07 bits per heavy atom. The Hall–Kier alpha value is -3.15. The zero-order chi connectivity index (χ0) is 19.2. The van der Waals surface area contributed by atoms with E-state index in [4.69, 9.17) is 0 Å². The number of amides is 2. The summed E-state index contributed by atoms with van der Waals surface area (Å²) in [4.78, 5) is 28.8. The molecule has 0 atom stereocenters. The van der Waals surface area contributed by atoms with Gasteiger partial charge in [0.15, 0.2) is 0 Å². The lowest BCUT2D eigenvalue weighted by atomic mass is 10.1. The summed E-state index contributed by atoms with van der Waals surface area (Å²) in [6.07, 6.45) is 0.226. The first kappa shape index (κ1) is 18.6. The minimum Gasteiger partial charge on any atom is -0.352 e. The van der Waals surface area contributed by atoms with E-state index in [1.54, 1.807) is 6.07 Å². The average Bonchev–Trinajstić information content (AvgIpc) is 3.03. The fraction of sp³-hybridized carbons (Fsp3) is 0.286. The first-order valence-electron chi connectivity index (χ1n) is 9.14. The van der Waals surface area contributed by atoms with Gasteiger partial charge in [0.1, 0.15) is 5.82 Å². The van der Waals surface area contributed by atoms with E-state index in [-0.39, 0.29) is 18.2 Å². The van der Waals surface area contributed by atoms with Gasteiger partial charge in [0.25, 0.3) is 5.91 Å². The molecule has 0 unspecified atom stereocenters. The molecule has 0 saturated carbocycles. The number of carbonyl (C=O) groups is 2. The zero-order valence-corrected chi connectivity index (χ0v) is 15.7. The van der Waals surface area contributed by atoms with Crippen LogP contribution in [-0.2, 0) is 17.9 Å². The van der Waals surface area contributed by atoms with Crippen molar-refractivity contribution in [3.63, 3.8) is 0 Å². The molecule has 0 radical (unpaired) electrons. The van der Waals surface area contributed by atoms with Gasteiger partial charge in [-0.2, -0.15) is 0 Å². The topological polar surface area (TPSA) is 76.0 Å². The predicted molar refractivity (Wildman–Crippen MR) is 105 cm³/mol. The van der Waals surface area contributed by atoms with Crippen molar-refractivity contribution in [2.45, 2.75) is 33.4 Å². The molecule has 0 aliphatic rings. The molecule has 0 saturated heterocycles. The zero-order valence-electron chi connectivity index (χ0n) is 15.7. The smallest absolute Gasteiger partial charge is 0.251 e. The average molecular weight is 364 g/mol. The van der Waals surface area contributed by atoms with E-state index >= 15 is 0 Å². The van der Waals surface area contributed by atoms with Crippen molar-refractivity contribution in [3.8, 4) is 0 Å². The molecule has 3 aromatic rings. The summed E-state index contributed by atoms with van der Waals surface area (Å²) in [7, 11) is 0. The van der Waals surface area contributed by atoms with E-state index in [1.807, 2.05) is 49.4 Å². The van der Waals surface area contributed by atoms with Crippen molar-refractivity contribution < 1.29 is 9.59 Å². The molecular formula is C21H24N4O2. The van der Waals surface area contributed by atoms with Crippen LogP contribution in [-0.4, -0.2) is 27.9 Å². The van der Waals surface area contributed by atoms with Gasteiger partial charge in [0.2, 0.25) is 5.91 Å². The molecule has 1 aromatic heterocycles. The molecule has 2 N–H and O–H groups in total. The van der Waals surface area contributed by atoms with Crippen molar-refractivity contribution in [3.05, 3.63) is 65.5 Å². The summed E-state index contributed by atoms with van der Waals surface area (Å²) < 4.78 is 2.09. The second-order valence-electron chi connectivity index (χ2n) is 6.41. The van der Waals surface area contributed by atoms with E-state index in [9.17, 15) is 9.59 Å². The van der Waals surface area contributed by atoms with Gasteiger partial charge >= 0.3 is 0 Å². The molecule has 0 aliphatic carbocycles. The Morgan fingerprint density at radius 2 is 1.89 bits per heavy atom. The van der Waals surface area contributed by atoms with Crippen LogP contribution in [0.2, 0.25) is 0 Å². The number of nitrogens with zero attached hydrogens (tertiary/aromatic N) is 2. The molecule has 3 rings (SSSR count). The molecule has 6 heteroatoms.